The Hall–Kier alpha value is -4.04. The zero-order valence-corrected chi connectivity index (χ0v) is 19.2. The minimum atomic E-state index is -0.961. The van der Waals surface area contributed by atoms with Gasteiger partial charge in [-0.2, -0.15) is 0 Å². The van der Waals surface area contributed by atoms with Crippen molar-refractivity contribution >= 4 is 40.7 Å². The van der Waals surface area contributed by atoms with E-state index in [-0.39, 0.29) is 23.3 Å². The number of hydrogen-bond donors (Lipinski definition) is 2. The van der Waals surface area contributed by atoms with Crippen molar-refractivity contribution in [2.75, 3.05) is 11.4 Å². The van der Waals surface area contributed by atoms with Crippen LogP contribution in [0.1, 0.15) is 22.3 Å². The fourth-order valence-corrected chi connectivity index (χ4v) is 4.08. The minimum absolute atomic E-state index is 0.113. The highest BCUT2D eigenvalue weighted by Gasteiger charge is 2.45. The highest BCUT2D eigenvalue weighted by molar-refractivity contribution is 7.80. The van der Waals surface area contributed by atoms with Gasteiger partial charge >= 0.3 is 0 Å². The molecule has 2 N–H and O–H groups in total. The number of carbonyl (C=O) groups excluding carboxylic acids is 3. The van der Waals surface area contributed by atoms with Crippen LogP contribution in [0.15, 0.2) is 91.0 Å². The molecule has 0 saturated carbocycles. The molecule has 3 amide bonds. The summed E-state index contributed by atoms with van der Waals surface area (Å²) in [7, 11) is 0. The molecular formula is C26H24N4O3S. The van der Waals surface area contributed by atoms with Crippen molar-refractivity contribution in [3.05, 3.63) is 102 Å². The first-order valence-electron chi connectivity index (χ1n) is 10.9. The van der Waals surface area contributed by atoms with E-state index in [4.69, 9.17) is 12.2 Å². The largest absolute Gasteiger partial charge is 0.356 e. The fraction of sp³-hybridized carbons (Fsp3) is 0.154. The molecule has 0 radical (unpaired) electrons. The Bertz CT molecular complexity index is 1170. The quantitative estimate of drug-likeness (QED) is 0.493. The molecule has 0 aromatic heterocycles. The van der Waals surface area contributed by atoms with E-state index in [1.165, 1.54) is 9.91 Å². The first-order valence-corrected chi connectivity index (χ1v) is 11.3. The lowest BCUT2D eigenvalue weighted by Crippen LogP contribution is -2.50. The maximum Gasteiger partial charge on any atom is 0.269 e. The Morgan fingerprint density at radius 2 is 1.44 bits per heavy atom. The van der Waals surface area contributed by atoms with Crippen molar-refractivity contribution in [2.45, 2.75) is 18.9 Å². The van der Waals surface area contributed by atoms with Crippen LogP contribution in [-0.4, -0.2) is 40.4 Å². The summed E-state index contributed by atoms with van der Waals surface area (Å²) in [6.07, 6.45) is 0.528. The number of amides is 3. The van der Waals surface area contributed by atoms with Crippen molar-refractivity contribution in [1.82, 2.24) is 15.8 Å². The van der Waals surface area contributed by atoms with Crippen molar-refractivity contribution in [1.29, 1.82) is 0 Å². The standard InChI is InChI=1S/C26H24N4O3S/c31-23(27-17-16-19-10-4-1-5-11-19)18-22-25(33)29(21-14-8-3-9-15-21)26(34)30(22)28-24(32)20-12-6-2-7-13-20/h1-15,22H,16-18H2,(H,27,31)(H,28,32)/t22-/m1/s1. The summed E-state index contributed by atoms with van der Waals surface area (Å²) in [5, 5.41) is 4.29. The Morgan fingerprint density at radius 1 is 0.853 bits per heavy atom. The number of benzene rings is 3. The normalized spacial score (nSPS) is 15.4. The van der Waals surface area contributed by atoms with E-state index in [0.29, 0.717) is 24.2 Å². The number of carbonyl (C=O) groups is 3. The number of rotatable bonds is 8. The molecule has 1 aliphatic rings. The monoisotopic (exact) mass is 472 g/mol. The van der Waals surface area contributed by atoms with Gasteiger partial charge in [0.2, 0.25) is 11.0 Å². The Morgan fingerprint density at radius 3 is 2.09 bits per heavy atom. The van der Waals surface area contributed by atoms with Gasteiger partial charge in [0.05, 0.1) is 12.1 Å². The van der Waals surface area contributed by atoms with Crippen LogP contribution < -0.4 is 15.6 Å². The third-order valence-electron chi connectivity index (χ3n) is 5.44. The third-order valence-corrected chi connectivity index (χ3v) is 5.82. The lowest BCUT2D eigenvalue weighted by molar-refractivity contribution is -0.127. The van der Waals surface area contributed by atoms with Crippen molar-refractivity contribution in [2.24, 2.45) is 0 Å². The number of para-hydroxylation sites is 1. The summed E-state index contributed by atoms with van der Waals surface area (Å²) in [5.41, 5.74) is 4.82. The summed E-state index contributed by atoms with van der Waals surface area (Å²) in [6.45, 7) is 0.437. The summed E-state index contributed by atoms with van der Waals surface area (Å²) >= 11 is 5.56. The lowest BCUT2D eigenvalue weighted by atomic mass is 10.1. The van der Waals surface area contributed by atoms with E-state index in [9.17, 15) is 14.4 Å². The van der Waals surface area contributed by atoms with Gasteiger partial charge in [-0.1, -0.05) is 66.7 Å². The van der Waals surface area contributed by atoms with Gasteiger partial charge in [-0.05, 0) is 48.5 Å². The molecule has 3 aromatic rings. The van der Waals surface area contributed by atoms with E-state index in [1.54, 1.807) is 54.6 Å². The smallest absolute Gasteiger partial charge is 0.269 e. The van der Waals surface area contributed by atoms with E-state index >= 15 is 0 Å². The number of hydrogen-bond acceptors (Lipinski definition) is 4. The molecule has 34 heavy (non-hydrogen) atoms. The minimum Gasteiger partial charge on any atom is -0.356 e. The molecule has 0 aliphatic carbocycles. The van der Waals surface area contributed by atoms with Crippen LogP contribution in [0.5, 0.6) is 0 Å². The molecule has 1 atom stereocenters. The zero-order valence-electron chi connectivity index (χ0n) is 18.4. The molecule has 8 heteroatoms. The maximum absolute atomic E-state index is 13.3. The van der Waals surface area contributed by atoms with Gasteiger partial charge in [0, 0.05) is 12.1 Å². The van der Waals surface area contributed by atoms with Gasteiger partial charge in [-0.3, -0.25) is 24.7 Å². The molecule has 4 rings (SSSR count). The lowest BCUT2D eigenvalue weighted by Gasteiger charge is -2.24. The van der Waals surface area contributed by atoms with Gasteiger partial charge in [-0.25, -0.2) is 5.01 Å². The van der Waals surface area contributed by atoms with Crippen LogP contribution >= 0.6 is 12.2 Å². The maximum atomic E-state index is 13.3. The Kier molecular flexibility index (Phi) is 7.29. The summed E-state index contributed by atoms with van der Waals surface area (Å²) in [6, 6.07) is 26.4. The second-order valence-electron chi connectivity index (χ2n) is 7.77. The topological polar surface area (TPSA) is 81.8 Å². The number of thiocarbonyl (C=S) groups is 1. The van der Waals surface area contributed by atoms with Crippen molar-refractivity contribution in [3.8, 4) is 0 Å². The number of nitrogens with one attached hydrogen (secondary N) is 2. The predicted octanol–water partition coefficient (Wildman–Crippen LogP) is 3.08. The van der Waals surface area contributed by atoms with Gasteiger partial charge in [0.1, 0.15) is 6.04 Å². The highest BCUT2D eigenvalue weighted by atomic mass is 32.1. The van der Waals surface area contributed by atoms with Crippen molar-refractivity contribution in [3.63, 3.8) is 0 Å². The van der Waals surface area contributed by atoms with Crippen LogP contribution in [0.25, 0.3) is 0 Å². The second-order valence-corrected chi connectivity index (χ2v) is 8.14. The SMILES string of the molecule is O=C(C[C@@H]1C(=O)N(c2ccccc2)C(=S)N1NC(=O)c1ccccc1)NCCc1ccccc1. The van der Waals surface area contributed by atoms with E-state index in [0.717, 1.165) is 5.56 Å². The molecule has 1 heterocycles. The average molecular weight is 473 g/mol. The third kappa shape index (κ3) is 5.29. The summed E-state index contributed by atoms with van der Waals surface area (Å²) < 4.78 is 0. The Balaban J connectivity index is 1.49. The molecule has 0 bridgehead atoms. The Labute approximate surface area is 203 Å². The first kappa shape index (κ1) is 23.1. The molecule has 0 unspecified atom stereocenters. The molecule has 1 fully saturated rings. The summed E-state index contributed by atoms with van der Waals surface area (Å²) in [4.78, 5) is 40.2. The molecule has 3 aromatic carbocycles. The molecular weight excluding hydrogens is 448 g/mol. The molecule has 7 nitrogen and oxygen atoms in total. The van der Waals surface area contributed by atoms with Crippen LogP contribution in [0.3, 0.4) is 0 Å². The highest BCUT2D eigenvalue weighted by Crippen LogP contribution is 2.26. The van der Waals surface area contributed by atoms with Gasteiger partial charge in [0.15, 0.2) is 0 Å². The van der Waals surface area contributed by atoms with E-state index < -0.39 is 11.9 Å². The first-order chi connectivity index (χ1) is 16.5. The van der Waals surface area contributed by atoms with Gasteiger partial charge in [-0.15, -0.1) is 0 Å². The van der Waals surface area contributed by atoms with Crippen LogP contribution in [0, 0.1) is 0 Å². The van der Waals surface area contributed by atoms with Crippen molar-refractivity contribution < 1.29 is 14.4 Å². The molecule has 1 saturated heterocycles. The summed E-state index contributed by atoms with van der Waals surface area (Å²) in [5.74, 6) is -1.09. The molecule has 172 valence electrons. The molecule has 1 aliphatic heterocycles. The average Bonchev–Trinajstić information content (AvgIpc) is 3.09. The van der Waals surface area contributed by atoms with Crippen LogP contribution in [0.4, 0.5) is 5.69 Å². The number of nitrogens with zero attached hydrogens (tertiary/aromatic N) is 2. The van der Waals surface area contributed by atoms with Crippen LogP contribution in [-0.2, 0) is 16.0 Å². The van der Waals surface area contributed by atoms with Gasteiger partial charge in [0.25, 0.3) is 11.8 Å². The van der Waals surface area contributed by atoms with E-state index in [1.807, 2.05) is 36.4 Å². The number of anilines is 1. The predicted molar refractivity (Wildman–Crippen MR) is 134 cm³/mol. The molecule has 0 spiro atoms. The second kappa shape index (κ2) is 10.7. The number of hydrazine groups is 1. The zero-order chi connectivity index (χ0) is 23.9. The van der Waals surface area contributed by atoms with Crippen LogP contribution in [0.2, 0.25) is 0 Å². The van der Waals surface area contributed by atoms with Gasteiger partial charge < -0.3 is 5.32 Å². The fourth-order valence-electron chi connectivity index (χ4n) is 3.72. The van der Waals surface area contributed by atoms with E-state index in [2.05, 4.69) is 10.7 Å².